The van der Waals surface area contributed by atoms with Gasteiger partial charge in [0.25, 0.3) is 0 Å². The maximum absolute atomic E-state index is 5.65. The number of piperazine rings is 1. The summed E-state index contributed by atoms with van der Waals surface area (Å²) in [5.41, 5.74) is 2.25. The van der Waals surface area contributed by atoms with E-state index in [2.05, 4.69) is 27.3 Å². The van der Waals surface area contributed by atoms with Crippen molar-refractivity contribution in [2.75, 3.05) is 31.6 Å². The highest BCUT2D eigenvalue weighted by Crippen LogP contribution is 2.27. The molecule has 1 N–H and O–H groups in total. The highest BCUT2D eigenvalue weighted by molar-refractivity contribution is 5.85. The molecule has 1 aromatic carbocycles. The lowest BCUT2D eigenvalue weighted by Crippen LogP contribution is -2.51. The first-order valence-electron chi connectivity index (χ1n) is 8.77. The molecule has 1 saturated heterocycles. The predicted octanol–water partition coefficient (Wildman–Crippen LogP) is 3.67. The first kappa shape index (κ1) is 18.5. The van der Waals surface area contributed by atoms with Gasteiger partial charge in [0.1, 0.15) is 5.58 Å². The maximum atomic E-state index is 5.65. The molecule has 0 amide bonds. The van der Waals surface area contributed by atoms with Crippen LogP contribution in [-0.4, -0.2) is 37.8 Å². The van der Waals surface area contributed by atoms with Crippen LogP contribution in [0.4, 0.5) is 5.82 Å². The average molecular weight is 374 g/mol. The molecule has 0 bridgehead atoms. The number of pyridine rings is 1. The summed E-state index contributed by atoms with van der Waals surface area (Å²) < 4.78 is 11.1. The van der Waals surface area contributed by atoms with Crippen LogP contribution in [0.15, 0.2) is 53.3 Å². The summed E-state index contributed by atoms with van der Waals surface area (Å²) in [6.45, 7) is 2.83. The number of benzene rings is 1. The van der Waals surface area contributed by atoms with Gasteiger partial charge in [0.2, 0.25) is 0 Å². The van der Waals surface area contributed by atoms with Crippen LogP contribution in [0.1, 0.15) is 12.0 Å². The number of rotatable bonds is 5. The Balaban J connectivity index is 0.00000196. The van der Waals surface area contributed by atoms with E-state index in [4.69, 9.17) is 9.15 Å². The van der Waals surface area contributed by atoms with Crippen LogP contribution in [0.5, 0.6) is 5.75 Å². The van der Waals surface area contributed by atoms with Crippen LogP contribution in [-0.2, 0) is 6.42 Å². The molecule has 1 unspecified atom stereocenters. The average Bonchev–Trinajstić information content (AvgIpc) is 3.10. The van der Waals surface area contributed by atoms with Crippen LogP contribution in [0.2, 0.25) is 0 Å². The van der Waals surface area contributed by atoms with Gasteiger partial charge in [-0.25, -0.2) is 4.98 Å². The zero-order chi connectivity index (χ0) is 17.1. The van der Waals surface area contributed by atoms with Gasteiger partial charge in [-0.1, -0.05) is 18.2 Å². The molecule has 0 aliphatic carbocycles. The van der Waals surface area contributed by atoms with Crippen molar-refractivity contribution < 1.29 is 9.15 Å². The number of nitrogens with zero attached hydrogens (tertiary/aromatic N) is 2. The summed E-state index contributed by atoms with van der Waals surface area (Å²) in [6.07, 6.45) is 5.79. The fourth-order valence-electron chi connectivity index (χ4n) is 3.55. The molecule has 5 nitrogen and oxygen atoms in total. The minimum absolute atomic E-state index is 0. The summed E-state index contributed by atoms with van der Waals surface area (Å²) in [5, 5.41) is 4.85. The third kappa shape index (κ3) is 3.79. The Kier molecular flexibility index (Phi) is 6.01. The number of fused-ring (bicyclic) bond motifs is 1. The smallest absolute Gasteiger partial charge is 0.171 e. The Bertz CT molecular complexity index is 852. The van der Waals surface area contributed by atoms with Gasteiger partial charge < -0.3 is 19.4 Å². The molecule has 1 aliphatic rings. The first-order valence-corrected chi connectivity index (χ1v) is 8.77. The van der Waals surface area contributed by atoms with Crippen molar-refractivity contribution in [3.05, 3.63) is 54.4 Å². The summed E-state index contributed by atoms with van der Waals surface area (Å²) in [7, 11) is 1.70. The quantitative estimate of drug-likeness (QED) is 0.739. The minimum Gasteiger partial charge on any atom is -0.493 e. The van der Waals surface area contributed by atoms with Crippen molar-refractivity contribution in [1.82, 2.24) is 10.3 Å². The Morgan fingerprint density at radius 1 is 1.27 bits per heavy atom. The maximum Gasteiger partial charge on any atom is 0.171 e. The third-order valence-electron chi connectivity index (χ3n) is 4.85. The number of aryl methyl sites for hydroxylation is 1. The topological polar surface area (TPSA) is 50.5 Å². The highest BCUT2D eigenvalue weighted by atomic mass is 35.5. The number of anilines is 1. The molecule has 6 heteroatoms. The second kappa shape index (κ2) is 8.43. The fourth-order valence-corrected chi connectivity index (χ4v) is 3.55. The van der Waals surface area contributed by atoms with Crippen molar-refractivity contribution >= 4 is 29.2 Å². The van der Waals surface area contributed by atoms with E-state index in [0.717, 1.165) is 49.6 Å². The molecule has 3 heterocycles. The van der Waals surface area contributed by atoms with E-state index in [1.54, 1.807) is 7.11 Å². The van der Waals surface area contributed by atoms with E-state index in [-0.39, 0.29) is 12.4 Å². The van der Waals surface area contributed by atoms with Crippen LogP contribution in [0, 0.1) is 0 Å². The Morgan fingerprint density at radius 3 is 3.04 bits per heavy atom. The van der Waals surface area contributed by atoms with Crippen molar-refractivity contribution in [3.8, 4) is 5.75 Å². The van der Waals surface area contributed by atoms with E-state index in [1.165, 1.54) is 10.9 Å². The number of methoxy groups -OCH3 is 1. The van der Waals surface area contributed by atoms with Crippen LogP contribution in [0.3, 0.4) is 0 Å². The first-order chi connectivity index (χ1) is 12.3. The lowest BCUT2D eigenvalue weighted by atomic mass is 10.0. The van der Waals surface area contributed by atoms with Gasteiger partial charge in [-0.15, -0.1) is 12.4 Å². The number of hydrogen-bond acceptors (Lipinski definition) is 5. The summed E-state index contributed by atoms with van der Waals surface area (Å²) in [6, 6.07) is 12.5. The van der Waals surface area contributed by atoms with Crippen molar-refractivity contribution in [2.24, 2.45) is 0 Å². The molecule has 0 saturated carbocycles. The summed E-state index contributed by atoms with van der Waals surface area (Å²) >= 11 is 0. The molecule has 0 spiro atoms. The fraction of sp³-hybridized carbons (Fsp3) is 0.350. The Labute approximate surface area is 159 Å². The lowest BCUT2D eigenvalue weighted by Gasteiger charge is -2.35. The summed E-state index contributed by atoms with van der Waals surface area (Å²) in [5.74, 6) is 1.77. The van der Waals surface area contributed by atoms with E-state index >= 15 is 0 Å². The second-order valence-corrected chi connectivity index (χ2v) is 6.42. The van der Waals surface area contributed by atoms with Crippen LogP contribution < -0.4 is 15.0 Å². The van der Waals surface area contributed by atoms with Gasteiger partial charge in [-0.05, 0) is 36.6 Å². The van der Waals surface area contributed by atoms with E-state index in [1.807, 2.05) is 36.7 Å². The number of ether oxygens (including phenoxy) is 1. The van der Waals surface area contributed by atoms with Gasteiger partial charge >= 0.3 is 0 Å². The normalized spacial score (nSPS) is 17.1. The van der Waals surface area contributed by atoms with Crippen molar-refractivity contribution in [2.45, 2.75) is 18.9 Å². The number of halogens is 1. The van der Waals surface area contributed by atoms with E-state index in [9.17, 15) is 0 Å². The van der Waals surface area contributed by atoms with Crippen molar-refractivity contribution in [3.63, 3.8) is 0 Å². The highest BCUT2D eigenvalue weighted by Gasteiger charge is 2.22. The molecule has 138 valence electrons. The van der Waals surface area contributed by atoms with Crippen molar-refractivity contribution in [1.29, 1.82) is 0 Å². The van der Waals surface area contributed by atoms with Gasteiger partial charge in [-0.3, -0.25) is 0 Å². The molecule has 3 aromatic rings. The molecule has 26 heavy (non-hydrogen) atoms. The molecule has 0 radical (unpaired) electrons. The number of furan rings is 1. The number of nitrogens with one attached hydrogen (secondary N) is 1. The minimum atomic E-state index is 0. The lowest BCUT2D eigenvalue weighted by molar-refractivity contribution is 0.400. The molecule has 1 aliphatic heterocycles. The van der Waals surface area contributed by atoms with Crippen LogP contribution in [0.25, 0.3) is 11.0 Å². The summed E-state index contributed by atoms with van der Waals surface area (Å²) in [4.78, 5) is 6.83. The number of aromatic nitrogens is 1. The molecular formula is C20H24ClN3O2. The largest absolute Gasteiger partial charge is 0.493 e. The molecule has 1 fully saturated rings. The third-order valence-corrected chi connectivity index (χ3v) is 4.85. The number of para-hydroxylation sites is 1. The zero-order valence-corrected chi connectivity index (χ0v) is 15.7. The molecular weight excluding hydrogens is 350 g/mol. The predicted molar refractivity (Wildman–Crippen MR) is 107 cm³/mol. The molecule has 2 aromatic heterocycles. The van der Waals surface area contributed by atoms with Gasteiger partial charge in [0.15, 0.2) is 11.6 Å². The van der Waals surface area contributed by atoms with Gasteiger partial charge in [-0.2, -0.15) is 0 Å². The van der Waals surface area contributed by atoms with Crippen LogP contribution >= 0.6 is 12.4 Å². The SMILES string of the molecule is COc1cccnc1N1CCNC(CCc2coc3ccccc23)C1.Cl. The Morgan fingerprint density at radius 2 is 2.15 bits per heavy atom. The van der Waals surface area contributed by atoms with E-state index in [0.29, 0.717) is 6.04 Å². The van der Waals surface area contributed by atoms with E-state index < -0.39 is 0 Å². The molecule has 4 rings (SSSR count). The Hall–Kier alpha value is -2.24. The monoisotopic (exact) mass is 373 g/mol. The van der Waals surface area contributed by atoms with Gasteiger partial charge in [0, 0.05) is 37.3 Å². The standard InChI is InChI=1S/C20H23N3O2.ClH/c1-24-19-7-4-10-22-20(19)23-12-11-21-16(13-23)9-8-15-14-25-18-6-3-2-5-17(15)18;/h2-7,10,14,16,21H,8-9,11-13H2,1H3;1H. The zero-order valence-electron chi connectivity index (χ0n) is 14.9. The second-order valence-electron chi connectivity index (χ2n) is 6.42. The number of hydrogen-bond donors (Lipinski definition) is 1. The van der Waals surface area contributed by atoms with Gasteiger partial charge in [0.05, 0.1) is 13.4 Å². The molecule has 1 atom stereocenters.